The minimum atomic E-state index is -0.124. The summed E-state index contributed by atoms with van der Waals surface area (Å²) in [7, 11) is 0. The highest BCUT2D eigenvalue weighted by Crippen LogP contribution is 2.19. The second kappa shape index (κ2) is 5.99. The molecule has 0 spiro atoms. The Kier molecular flexibility index (Phi) is 4.35. The molecule has 0 aromatic heterocycles. The number of halogens is 1. The molecule has 0 heterocycles. The fourth-order valence-electron chi connectivity index (χ4n) is 1.80. The number of amides is 1. The van der Waals surface area contributed by atoms with Crippen molar-refractivity contribution in [1.82, 2.24) is 0 Å². The molecule has 19 heavy (non-hydrogen) atoms. The molecule has 3 nitrogen and oxygen atoms in total. The van der Waals surface area contributed by atoms with Crippen molar-refractivity contribution in [2.24, 2.45) is 5.73 Å². The van der Waals surface area contributed by atoms with Crippen LogP contribution in [0.1, 0.15) is 21.5 Å². The maximum Gasteiger partial charge on any atom is 0.255 e. The first-order chi connectivity index (χ1) is 9.08. The van der Waals surface area contributed by atoms with Gasteiger partial charge in [0.05, 0.1) is 0 Å². The maximum absolute atomic E-state index is 12.1. The van der Waals surface area contributed by atoms with Crippen LogP contribution in [0.25, 0.3) is 0 Å². The number of hydrogen-bond acceptors (Lipinski definition) is 2. The monoisotopic (exact) mass is 318 g/mol. The zero-order valence-corrected chi connectivity index (χ0v) is 12.2. The van der Waals surface area contributed by atoms with E-state index < -0.39 is 0 Å². The predicted octanol–water partition coefficient (Wildman–Crippen LogP) is 3.47. The largest absolute Gasteiger partial charge is 0.326 e. The fourth-order valence-corrected chi connectivity index (χ4v) is 2.41. The van der Waals surface area contributed by atoms with Gasteiger partial charge in [0.1, 0.15) is 0 Å². The first kappa shape index (κ1) is 13.8. The molecule has 3 N–H and O–H groups in total. The first-order valence-electron chi connectivity index (χ1n) is 5.96. The van der Waals surface area contributed by atoms with Gasteiger partial charge in [0.15, 0.2) is 0 Å². The lowest BCUT2D eigenvalue weighted by Crippen LogP contribution is -2.12. The molecule has 0 fully saturated rings. The molecular weight excluding hydrogens is 304 g/mol. The van der Waals surface area contributed by atoms with Crippen molar-refractivity contribution in [2.75, 3.05) is 5.32 Å². The summed E-state index contributed by atoms with van der Waals surface area (Å²) in [4.78, 5) is 12.1. The van der Waals surface area contributed by atoms with Crippen LogP contribution < -0.4 is 11.1 Å². The van der Waals surface area contributed by atoms with Crippen LogP contribution >= 0.6 is 15.9 Å². The van der Waals surface area contributed by atoms with Crippen molar-refractivity contribution in [3.63, 3.8) is 0 Å². The van der Waals surface area contributed by atoms with E-state index in [4.69, 9.17) is 5.73 Å². The van der Waals surface area contributed by atoms with Gasteiger partial charge < -0.3 is 11.1 Å². The van der Waals surface area contributed by atoms with Crippen LogP contribution in [-0.2, 0) is 6.54 Å². The average Bonchev–Trinajstić information content (AvgIpc) is 2.37. The van der Waals surface area contributed by atoms with Crippen molar-refractivity contribution in [1.29, 1.82) is 0 Å². The smallest absolute Gasteiger partial charge is 0.255 e. The van der Waals surface area contributed by atoms with Crippen LogP contribution in [0.15, 0.2) is 46.9 Å². The molecule has 0 saturated carbocycles. The summed E-state index contributed by atoms with van der Waals surface area (Å²) in [5.41, 5.74) is 9.02. The molecule has 0 saturated heterocycles. The van der Waals surface area contributed by atoms with Crippen molar-refractivity contribution in [2.45, 2.75) is 13.5 Å². The lowest BCUT2D eigenvalue weighted by molar-refractivity contribution is 0.102. The topological polar surface area (TPSA) is 55.1 Å². The maximum atomic E-state index is 12.1. The third-order valence-corrected chi connectivity index (χ3v) is 3.21. The van der Waals surface area contributed by atoms with Gasteiger partial charge in [-0.1, -0.05) is 28.1 Å². The third kappa shape index (κ3) is 3.66. The van der Waals surface area contributed by atoms with Crippen LogP contribution in [0.5, 0.6) is 0 Å². The molecule has 0 aliphatic heterocycles. The Morgan fingerprint density at radius 3 is 2.47 bits per heavy atom. The Morgan fingerprint density at radius 2 is 1.89 bits per heavy atom. The van der Waals surface area contributed by atoms with Gasteiger partial charge in [0.2, 0.25) is 0 Å². The lowest BCUT2D eigenvalue weighted by Gasteiger charge is -2.07. The Morgan fingerprint density at radius 1 is 1.21 bits per heavy atom. The van der Waals surface area contributed by atoms with Crippen molar-refractivity contribution in [3.05, 3.63) is 63.6 Å². The molecule has 2 rings (SSSR count). The van der Waals surface area contributed by atoms with Crippen molar-refractivity contribution < 1.29 is 4.79 Å². The normalized spacial score (nSPS) is 10.3. The first-order valence-corrected chi connectivity index (χ1v) is 6.75. The van der Waals surface area contributed by atoms with Gasteiger partial charge in [-0.2, -0.15) is 0 Å². The standard InChI is InChI=1S/C15H15BrN2O/c1-10-6-13(16)8-14(7-10)18-15(19)12-4-2-11(9-17)3-5-12/h2-8H,9,17H2,1H3,(H,18,19). The summed E-state index contributed by atoms with van der Waals surface area (Å²) in [6, 6.07) is 13.1. The summed E-state index contributed by atoms with van der Waals surface area (Å²) in [5.74, 6) is -0.124. The second-order valence-electron chi connectivity index (χ2n) is 4.37. The number of nitrogens with two attached hydrogens (primary N) is 1. The minimum Gasteiger partial charge on any atom is -0.326 e. The number of carbonyl (C=O) groups is 1. The molecule has 2 aromatic rings. The number of anilines is 1. The Labute approximate surface area is 121 Å². The summed E-state index contributed by atoms with van der Waals surface area (Å²) >= 11 is 3.41. The quantitative estimate of drug-likeness (QED) is 0.910. The third-order valence-electron chi connectivity index (χ3n) is 2.75. The number of hydrogen-bond donors (Lipinski definition) is 2. The van der Waals surface area contributed by atoms with Crippen LogP contribution in [0.3, 0.4) is 0 Å². The summed E-state index contributed by atoms with van der Waals surface area (Å²) in [5, 5.41) is 2.88. The van der Waals surface area contributed by atoms with Gasteiger partial charge in [-0.05, 0) is 48.4 Å². The van der Waals surface area contributed by atoms with E-state index in [-0.39, 0.29) is 5.91 Å². The van der Waals surface area contributed by atoms with Crippen LogP contribution in [-0.4, -0.2) is 5.91 Å². The van der Waals surface area contributed by atoms with Crippen molar-refractivity contribution >= 4 is 27.5 Å². The molecular formula is C15H15BrN2O. The summed E-state index contributed by atoms with van der Waals surface area (Å²) < 4.78 is 0.946. The Hall–Kier alpha value is -1.65. The summed E-state index contributed by atoms with van der Waals surface area (Å²) in [6.07, 6.45) is 0. The van der Waals surface area contributed by atoms with Gasteiger partial charge in [-0.25, -0.2) is 0 Å². The average molecular weight is 319 g/mol. The number of rotatable bonds is 3. The van der Waals surface area contributed by atoms with Crippen LogP contribution in [0, 0.1) is 6.92 Å². The highest BCUT2D eigenvalue weighted by molar-refractivity contribution is 9.10. The van der Waals surface area contributed by atoms with Crippen LogP contribution in [0.4, 0.5) is 5.69 Å². The number of carbonyl (C=O) groups excluding carboxylic acids is 1. The Balaban J connectivity index is 2.15. The molecule has 1 amide bonds. The predicted molar refractivity (Wildman–Crippen MR) is 81.2 cm³/mol. The zero-order valence-electron chi connectivity index (χ0n) is 10.6. The van der Waals surface area contributed by atoms with Gasteiger partial charge in [-0.15, -0.1) is 0 Å². The van der Waals surface area contributed by atoms with E-state index in [2.05, 4.69) is 21.2 Å². The van der Waals surface area contributed by atoms with Crippen molar-refractivity contribution in [3.8, 4) is 0 Å². The molecule has 98 valence electrons. The van der Waals surface area contributed by atoms with E-state index in [1.807, 2.05) is 37.3 Å². The molecule has 0 aliphatic rings. The number of nitrogens with one attached hydrogen (secondary N) is 1. The lowest BCUT2D eigenvalue weighted by atomic mass is 10.1. The molecule has 0 aliphatic carbocycles. The van der Waals surface area contributed by atoms with Gasteiger partial charge >= 0.3 is 0 Å². The zero-order chi connectivity index (χ0) is 13.8. The van der Waals surface area contributed by atoms with E-state index in [0.29, 0.717) is 12.1 Å². The molecule has 0 radical (unpaired) electrons. The van der Waals surface area contributed by atoms with Gasteiger partial charge in [-0.3, -0.25) is 4.79 Å². The minimum absolute atomic E-state index is 0.124. The second-order valence-corrected chi connectivity index (χ2v) is 5.29. The summed E-state index contributed by atoms with van der Waals surface area (Å²) in [6.45, 7) is 2.46. The molecule has 0 unspecified atom stereocenters. The fraction of sp³-hybridized carbons (Fsp3) is 0.133. The van der Waals surface area contributed by atoms with Gasteiger partial charge in [0.25, 0.3) is 5.91 Å². The Bertz CT molecular complexity index is 573. The molecule has 4 heteroatoms. The van der Waals surface area contributed by atoms with E-state index in [1.54, 1.807) is 12.1 Å². The highest BCUT2D eigenvalue weighted by atomic mass is 79.9. The molecule has 2 aromatic carbocycles. The highest BCUT2D eigenvalue weighted by Gasteiger charge is 2.06. The molecule has 0 bridgehead atoms. The number of benzene rings is 2. The SMILES string of the molecule is Cc1cc(Br)cc(NC(=O)c2ccc(CN)cc2)c1. The van der Waals surface area contributed by atoms with Crippen LogP contribution in [0.2, 0.25) is 0 Å². The van der Waals surface area contributed by atoms with E-state index >= 15 is 0 Å². The van der Waals surface area contributed by atoms with E-state index in [9.17, 15) is 4.79 Å². The molecule has 0 atom stereocenters. The van der Waals surface area contributed by atoms with E-state index in [1.165, 1.54) is 0 Å². The van der Waals surface area contributed by atoms with E-state index in [0.717, 1.165) is 21.3 Å². The van der Waals surface area contributed by atoms with Gasteiger partial charge in [0, 0.05) is 22.3 Å². The number of aryl methyl sites for hydroxylation is 1.